The van der Waals surface area contributed by atoms with Crippen LogP contribution in [0.4, 0.5) is 0 Å². The van der Waals surface area contributed by atoms with Crippen molar-refractivity contribution in [3.8, 4) is 11.4 Å². The Morgan fingerprint density at radius 1 is 1.18 bits per heavy atom. The van der Waals surface area contributed by atoms with Crippen LogP contribution in [-0.2, 0) is 6.42 Å². The molecule has 6 nitrogen and oxygen atoms in total. The van der Waals surface area contributed by atoms with Gasteiger partial charge in [0.25, 0.3) is 0 Å². The summed E-state index contributed by atoms with van der Waals surface area (Å²) < 4.78 is 7.84. The summed E-state index contributed by atoms with van der Waals surface area (Å²) in [6.45, 7) is 7.78. The lowest BCUT2D eigenvalue weighted by atomic mass is 9.97. The van der Waals surface area contributed by atoms with E-state index in [0.717, 1.165) is 48.3 Å². The third-order valence-corrected chi connectivity index (χ3v) is 7.00. The fourth-order valence-electron chi connectivity index (χ4n) is 4.36. The molecule has 0 amide bonds. The minimum absolute atomic E-state index is 0.486. The Hall–Kier alpha value is -2.67. The number of aldehydes is 1. The molecule has 2 aromatic carbocycles. The van der Waals surface area contributed by atoms with Crippen LogP contribution < -0.4 is 4.74 Å². The molecular formula is C27H33ClN4O2. The highest BCUT2D eigenvalue weighted by Crippen LogP contribution is 2.34. The van der Waals surface area contributed by atoms with Gasteiger partial charge in [-0.1, -0.05) is 23.7 Å². The van der Waals surface area contributed by atoms with Crippen LogP contribution in [0.1, 0.15) is 39.9 Å². The SMILES string of the molecule is Cc1c(Cc2ccc(-n3cccn3)cc2)cc(C=O)c(OCCN(C)CCN2CCCC2)c1Cl. The van der Waals surface area contributed by atoms with Crippen LogP contribution in [0.15, 0.2) is 48.8 Å². The third-order valence-electron chi connectivity index (χ3n) is 6.55. The average Bonchev–Trinajstić information content (AvgIpc) is 3.57. The molecule has 1 aliphatic heterocycles. The topological polar surface area (TPSA) is 50.6 Å². The first-order valence-corrected chi connectivity index (χ1v) is 12.3. The number of nitrogens with zero attached hydrogens (tertiary/aromatic N) is 4. The summed E-state index contributed by atoms with van der Waals surface area (Å²) in [5, 5.41) is 4.78. The van der Waals surface area contributed by atoms with E-state index < -0.39 is 0 Å². The summed E-state index contributed by atoms with van der Waals surface area (Å²) in [6, 6.07) is 12.0. The highest BCUT2D eigenvalue weighted by Gasteiger charge is 2.17. The Bertz CT molecular complexity index is 1080. The molecule has 7 heteroatoms. The van der Waals surface area contributed by atoms with Crippen molar-refractivity contribution in [2.75, 3.05) is 46.4 Å². The zero-order valence-corrected chi connectivity index (χ0v) is 20.8. The van der Waals surface area contributed by atoms with E-state index >= 15 is 0 Å². The van der Waals surface area contributed by atoms with Gasteiger partial charge in [0.2, 0.25) is 0 Å². The number of carbonyl (C=O) groups excluding carboxylic acids is 1. The first kappa shape index (κ1) is 24.5. The fraction of sp³-hybridized carbons (Fsp3) is 0.407. The van der Waals surface area contributed by atoms with Crippen LogP contribution in [0.3, 0.4) is 0 Å². The summed E-state index contributed by atoms with van der Waals surface area (Å²) >= 11 is 6.69. The van der Waals surface area contributed by atoms with Crippen molar-refractivity contribution in [3.63, 3.8) is 0 Å². The monoisotopic (exact) mass is 480 g/mol. The molecule has 2 heterocycles. The molecule has 0 atom stereocenters. The van der Waals surface area contributed by atoms with Crippen LogP contribution in [0.25, 0.3) is 5.69 Å². The van der Waals surface area contributed by atoms with Gasteiger partial charge in [-0.15, -0.1) is 0 Å². The maximum Gasteiger partial charge on any atom is 0.153 e. The van der Waals surface area contributed by atoms with E-state index in [2.05, 4.69) is 34.1 Å². The number of benzene rings is 2. The van der Waals surface area contributed by atoms with Crippen molar-refractivity contribution >= 4 is 17.9 Å². The lowest BCUT2D eigenvalue weighted by Gasteiger charge is -2.22. The van der Waals surface area contributed by atoms with Crippen LogP contribution in [0.5, 0.6) is 5.75 Å². The molecule has 34 heavy (non-hydrogen) atoms. The van der Waals surface area contributed by atoms with Crippen LogP contribution in [0.2, 0.25) is 5.02 Å². The van der Waals surface area contributed by atoms with Gasteiger partial charge in [-0.3, -0.25) is 4.79 Å². The smallest absolute Gasteiger partial charge is 0.153 e. The fourth-order valence-corrected chi connectivity index (χ4v) is 4.64. The van der Waals surface area contributed by atoms with E-state index in [4.69, 9.17) is 16.3 Å². The molecule has 0 spiro atoms. The minimum Gasteiger partial charge on any atom is -0.490 e. The van der Waals surface area contributed by atoms with E-state index in [1.807, 2.05) is 42.1 Å². The van der Waals surface area contributed by atoms with Gasteiger partial charge < -0.3 is 14.5 Å². The molecule has 0 aliphatic carbocycles. The number of carbonyl (C=O) groups is 1. The number of hydrogen-bond donors (Lipinski definition) is 0. The summed E-state index contributed by atoms with van der Waals surface area (Å²) in [6.07, 6.45) is 7.82. The van der Waals surface area contributed by atoms with E-state index in [0.29, 0.717) is 29.4 Å². The Kier molecular flexibility index (Phi) is 8.38. The van der Waals surface area contributed by atoms with Crippen molar-refractivity contribution in [2.24, 2.45) is 0 Å². The van der Waals surface area contributed by atoms with Gasteiger partial charge >= 0.3 is 0 Å². The maximum absolute atomic E-state index is 11.9. The average molecular weight is 481 g/mol. The third kappa shape index (κ3) is 6.06. The Balaban J connectivity index is 1.37. The molecule has 4 rings (SSSR count). The van der Waals surface area contributed by atoms with Gasteiger partial charge in [-0.05, 0) is 87.3 Å². The van der Waals surface area contributed by atoms with Crippen molar-refractivity contribution < 1.29 is 9.53 Å². The second-order valence-corrected chi connectivity index (χ2v) is 9.38. The van der Waals surface area contributed by atoms with Gasteiger partial charge in [0.1, 0.15) is 12.4 Å². The van der Waals surface area contributed by atoms with E-state index in [9.17, 15) is 4.79 Å². The zero-order valence-electron chi connectivity index (χ0n) is 20.0. The number of likely N-dealkylation sites (N-methyl/N-ethyl adjacent to an activating group) is 1. The zero-order chi connectivity index (χ0) is 23.9. The molecule has 0 unspecified atom stereocenters. The van der Waals surface area contributed by atoms with Gasteiger partial charge in [0, 0.05) is 32.0 Å². The van der Waals surface area contributed by atoms with Gasteiger partial charge in [0.05, 0.1) is 16.3 Å². The summed E-state index contributed by atoms with van der Waals surface area (Å²) in [7, 11) is 2.10. The maximum atomic E-state index is 11.9. The lowest BCUT2D eigenvalue weighted by molar-refractivity contribution is 0.111. The molecule has 1 fully saturated rings. The molecule has 1 aliphatic rings. The van der Waals surface area contributed by atoms with E-state index in [1.165, 1.54) is 25.9 Å². The molecule has 0 N–H and O–H groups in total. The summed E-state index contributed by atoms with van der Waals surface area (Å²) in [5.74, 6) is 0.486. The van der Waals surface area contributed by atoms with Crippen molar-refractivity contribution in [2.45, 2.75) is 26.2 Å². The van der Waals surface area contributed by atoms with Crippen molar-refractivity contribution in [1.82, 2.24) is 19.6 Å². The minimum atomic E-state index is 0.486. The highest BCUT2D eigenvalue weighted by molar-refractivity contribution is 6.33. The number of ether oxygens (including phenoxy) is 1. The second kappa shape index (κ2) is 11.6. The van der Waals surface area contributed by atoms with Crippen LogP contribution in [0, 0.1) is 6.92 Å². The first-order valence-electron chi connectivity index (χ1n) is 11.9. The molecule has 180 valence electrons. The molecular weight excluding hydrogens is 448 g/mol. The number of halogens is 1. The Morgan fingerprint density at radius 3 is 2.62 bits per heavy atom. The second-order valence-electron chi connectivity index (χ2n) is 9.01. The Morgan fingerprint density at radius 2 is 1.94 bits per heavy atom. The summed E-state index contributed by atoms with van der Waals surface area (Å²) in [5.41, 5.74) is 4.61. The van der Waals surface area contributed by atoms with E-state index in [1.54, 1.807) is 6.20 Å². The van der Waals surface area contributed by atoms with Crippen molar-refractivity contribution in [1.29, 1.82) is 0 Å². The lowest BCUT2D eigenvalue weighted by Crippen LogP contribution is -2.33. The van der Waals surface area contributed by atoms with Crippen LogP contribution >= 0.6 is 11.6 Å². The largest absolute Gasteiger partial charge is 0.490 e. The number of aromatic nitrogens is 2. The predicted octanol–water partition coefficient (Wildman–Crippen LogP) is 4.64. The first-order chi connectivity index (χ1) is 16.5. The molecule has 0 saturated carbocycles. The molecule has 3 aromatic rings. The quantitative estimate of drug-likeness (QED) is 0.374. The van der Waals surface area contributed by atoms with Crippen LogP contribution in [-0.4, -0.2) is 72.2 Å². The van der Waals surface area contributed by atoms with Gasteiger partial charge in [-0.25, -0.2) is 4.68 Å². The van der Waals surface area contributed by atoms with Gasteiger partial charge in [-0.2, -0.15) is 5.10 Å². The molecule has 1 saturated heterocycles. The van der Waals surface area contributed by atoms with Crippen molar-refractivity contribution in [3.05, 3.63) is 76.1 Å². The predicted molar refractivity (Wildman–Crippen MR) is 137 cm³/mol. The molecule has 1 aromatic heterocycles. The van der Waals surface area contributed by atoms with Gasteiger partial charge in [0.15, 0.2) is 6.29 Å². The normalized spacial score (nSPS) is 14.1. The number of hydrogen-bond acceptors (Lipinski definition) is 5. The standard InChI is InChI=1S/C27H33ClN4O2/c1-21-23(18-22-6-8-25(9-7-22)32-13-5-10-29-32)19-24(20-33)27(26(21)28)34-17-16-30(2)14-15-31-11-3-4-12-31/h5-10,13,19-20H,3-4,11-12,14-18H2,1-2H3. The molecule has 0 radical (unpaired) electrons. The molecule has 0 bridgehead atoms. The summed E-state index contributed by atoms with van der Waals surface area (Å²) in [4.78, 5) is 16.6. The highest BCUT2D eigenvalue weighted by atomic mass is 35.5. The number of likely N-dealkylation sites (tertiary alicyclic amines) is 1. The van der Waals surface area contributed by atoms with E-state index in [-0.39, 0.29) is 0 Å². The number of rotatable bonds is 11. The Labute approximate surface area is 207 Å².